The van der Waals surface area contributed by atoms with Crippen LogP contribution in [0.3, 0.4) is 0 Å². The number of carbonyl (C=O) groups excluding carboxylic acids is 1. The number of halogens is 7. The van der Waals surface area contributed by atoms with Crippen LogP contribution in [-0.2, 0) is 9.47 Å². The van der Waals surface area contributed by atoms with Gasteiger partial charge in [0.05, 0.1) is 49.7 Å². The van der Waals surface area contributed by atoms with E-state index in [2.05, 4.69) is 24.9 Å². The molecule has 2 aliphatic heterocycles. The molecule has 2 fully saturated rings. The van der Waals surface area contributed by atoms with Crippen molar-refractivity contribution in [3.8, 4) is 11.6 Å². The van der Waals surface area contributed by atoms with E-state index >= 15 is 0 Å². The molecule has 17 heteroatoms. The summed E-state index contributed by atoms with van der Waals surface area (Å²) in [5, 5.41) is 3.20. The summed E-state index contributed by atoms with van der Waals surface area (Å²) < 4.78 is 101. The van der Waals surface area contributed by atoms with Gasteiger partial charge < -0.3 is 24.3 Å². The number of nitrogens with one attached hydrogen (secondary N) is 1. The van der Waals surface area contributed by atoms with E-state index in [1.54, 1.807) is 6.07 Å². The Hall–Kier alpha value is -3.71. The van der Waals surface area contributed by atoms with E-state index in [1.165, 1.54) is 25.6 Å². The molecule has 1 amide bonds. The van der Waals surface area contributed by atoms with Gasteiger partial charge in [0.15, 0.2) is 11.5 Å². The highest BCUT2D eigenvalue weighted by molar-refractivity contribution is 6.33. The molecule has 1 N–H and O–H groups in total. The lowest BCUT2D eigenvalue weighted by Crippen LogP contribution is -2.64. The third-order valence-electron chi connectivity index (χ3n) is 6.65. The number of hydrogen-bond acceptors (Lipinski definition) is 8. The van der Waals surface area contributed by atoms with Crippen molar-refractivity contribution in [1.29, 1.82) is 0 Å². The second-order valence-electron chi connectivity index (χ2n) is 9.32. The Balaban J connectivity index is 1.51. The van der Waals surface area contributed by atoms with Crippen LogP contribution in [0.1, 0.15) is 19.8 Å². The van der Waals surface area contributed by atoms with Crippen LogP contribution in [0, 0.1) is 6.57 Å². The minimum absolute atomic E-state index is 0.0133. The zero-order valence-electron chi connectivity index (χ0n) is 21.3. The Morgan fingerprint density at radius 2 is 1.78 bits per heavy atom. The highest BCUT2D eigenvalue weighted by atomic mass is 35.5. The number of nitrogens with zero attached hydrogens (tertiary/aromatic N) is 4. The van der Waals surface area contributed by atoms with Crippen molar-refractivity contribution >= 4 is 34.9 Å². The number of methoxy groups -OCH3 is 1. The zero-order chi connectivity index (χ0) is 30.2. The van der Waals surface area contributed by atoms with Gasteiger partial charge in [0, 0.05) is 12.8 Å². The molecule has 2 aromatic rings. The van der Waals surface area contributed by atoms with E-state index in [0.29, 0.717) is 11.4 Å². The lowest BCUT2D eigenvalue weighted by atomic mass is 9.92. The fourth-order valence-electron chi connectivity index (χ4n) is 4.44. The molecule has 0 saturated carbocycles. The van der Waals surface area contributed by atoms with Gasteiger partial charge in [-0.15, -0.1) is 0 Å². The number of carbonyl (C=O) groups is 1. The quantitative estimate of drug-likeness (QED) is 0.312. The Morgan fingerprint density at radius 1 is 1.15 bits per heavy atom. The van der Waals surface area contributed by atoms with Crippen LogP contribution >= 0.6 is 11.6 Å². The molecule has 0 aliphatic carbocycles. The first kappa shape index (κ1) is 30.3. The Morgan fingerprint density at radius 3 is 2.32 bits per heavy atom. The smallest absolute Gasteiger partial charge is 0.437 e. The lowest BCUT2D eigenvalue weighted by molar-refractivity contribution is -0.360. The summed E-state index contributed by atoms with van der Waals surface area (Å²) in [6.07, 6.45) is -13.1. The fraction of sp³-hybridized carbons (Fsp3) is 0.500. The molecule has 0 radical (unpaired) electrons. The first-order chi connectivity index (χ1) is 19.2. The van der Waals surface area contributed by atoms with E-state index in [1.807, 2.05) is 0 Å². The first-order valence-electron chi connectivity index (χ1n) is 11.9. The third-order valence-corrected chi connectivity index (χ3v) is 6.96. The van der Waals surface area contributed by atoms with Crippen molar-refractivity contribution in [2.75, 3.05) is 25.6 Å². The topological polar surface area (TPSA) is 99.4 Å². The molecule has 2 bridgehead atoms. The number of alkyl halides is 6. The highest BCUT2D eigenvalue weighted by Gasteiger charge is 2.71. The second kappa shape index (κ2) is 11.3. The third kappa shape index (κ3) is 6.01. The number of amides is 1. The zero-order valence-corrected chi connectivity index (χ0v) is 22.1. The number of morpholine rings is 1. The standard InChI is InChI=1S/C24H22ClF6N5O5/c1-22(23(26,27)28,24(29,30)31)41-21(37)36-13-7-15(8-14(36)10-39-9-13)40-20-18(38-3)19(33-11-34-20)35-17-5-4-12(32-2)6-16(17)25/h4-6,11,13-15H,7-10H2,1,3H3,(H,33,34,35). The van der Waals surface area contributed by atoms with Gasteiger partial charge >= 0.3 is 18.4 Å². The summed E-state index contributed by atoms with van der Waals surface area (Å²) in [5.74, 6) is 0.228. The van der Waals surface area contributed by atoms with Crippen LogP contribution in [0.15, 0.2) is 24.5 Å². The normalized spacial score (nSPS) is 21.1. The molecule has 222 valence electrons. The van der Waals surface area contributed by atoms with E-state index in [-0.39, 0.29) is 55.4 Å². The van der Waals surface area contributed by atoms with Gasteiger partial charge in [-0.25, -0.2) is 14.6 Å². The molecule has 0 spiro atoms. The number of fused-ring (bicyclic) bond motifs is 2. The molecule has 41 heavy (non-hydrogen) atoms. The summed E-state index contributed by atoms with van der Waals surface area (Å²) in [5.41, 5.74) is -3.97. The van der Waals surface area contributed by atoms with Crippen molar-refractivity contribution in [2.24, 2.45) is 0 Å². The summed E-state index contributed by atoms with van der Waals surface area (Å²) in [4.78, 5) is 25.1. The van der Waals surface area contributed by atoms with Crippen molar-refractivity contribution in [3.05, 3.63) is 41.0 Å². The summed E-state index contributed by atoms with van der Waals surface area (Å²) in [6.45, 7) is 6.53. The minimum atomic E-state index is -5.90. The highest BCUT2D eigenvalue weighted by Crippen LogP contribution is 2.46. The maximum Gasteiger partial charge on any atom is 0.437 e. The molecule has 10 nitrogen and oxygen atoms in total. The molecule has 2 aliphatic rings. The number of hydrogen-bond donors (Lipinski definition) is 1. The van der Waals surface area contributed by atoms with Crippen molar-refractivity contribution in [1.82, 2.24) is 14.9 Å². The van der Waals surface area contributed by atoms with Gasteiger partial charge in [0.25, 0.3) is 11.5 Å². The van der Waals surface area contributed by atoms with Crippen LogP contribution in [0.25, 0.3) is 4.85 Å². The second-order valence-corrected chi connectivity index (χ2v) is 9.73. The Kier molecular flexibility index (Phi) is 8.33. The number of aromatic nitrogens is 2. The first-order valence-corrected chi connectivity index (χ1v) is 12.3. The summed E-state index contributed by atoms with van der Waals surface area (Å²) >= 11 is 6.23. The van der Waals surface area contributed by atoms with Gasteiger partial charge in [-0.3, -0.25) is 4.90 Å². The number of benzene rings is 1. The maximum atomic E-state index is 13.3. The largest absolute Gasteiger partial charge is 0.489 e. The van der Waals surface area contributed by atoms with E-state index in [9.17, 15) is 31.1 Å². The molecule has 4 rings (SSSR count). The number of anilines is 2. The fourth-order valence-corrected chi connectivity index (χ4v) is 4.66. The average molecular weight is 610 g/mol. The molecule has 1 aromatic carbocycles. The van der Waals surface area contributed by atoms with E-state index < -0.39 is 42.2 Å². The van der Waals surface area contributed by atoms with Crippen LogP contribution in [-0.4, -0.2) is 77.4 Å². The molecular formula is C24H22ClF6N5O5. The van der Waals surface area contributed by atoms with Crippen molar-refractivity contribution < 1.29 is 50.1 Å². The number of piperidine rings is 1. The molecule has 2 atom stereocenters. The van der Waals surface area contributed by atoms with E-state index in [0.717, 1.165) is 4.90 Å². The predicted octanol–water partition coefficient (Wildman–Crippen LogP) is 6.06. The number of ether oxygens (including phenoxy) is 4. The van der Waals surface area contributed by atoms with Crippen molar-refractivity contribution in [3.63, 3.8) is 0 Å². The summed E-state index contributed by atoms with van der Waals surface area (Å²) in [6, 6.07) is 2.69. The molecular weight excluding hydrogens is 588 g/mol. The predicted molar refractivity (Wildman–Crippen MR) is 130 cm³/mol. The molecule has 2 unspecified atom stereocenters. The van der Waals surface area contributed by atoms with Crippen LogP contribution in [0.4, 0.5) is 48.3 Å². The molecule has 3 heterocycles. The van der Waals surface area contributed by atoms with Crippen LogP contribution < -0.4 is 14.8 Å². The van der Waals surface area contributed by atoms with Crippen LogP contribution in [0.5, 0.6) is 11.6 Å². The van der Waals surface area contributed by atoms with Crippen molar-refractivity contribution in [2.45, 2.75) is 55.9 Å². The van der Waals surface area contributed by atoms with Gasteiger partial charge in [0.2, 0.25) is 5.75 Å². The van der Waals surface area contributed by atoms with Gasteiger partial charge in [-0.05, 0) is 19.1 Å². The Bertz CT molecular complexity index is 1310. The SMILES string of the molecule is [C-]#[N+]c1ccc(Nc2ncnc(OC3CC4COCC(C3)N4C(=O)OC(C)(C(F)(F)F)C(F)(F)F)c2OC)c(Cl)c1. The van der Waals surface area contributed by atoms with E-state index in [4.69, 9.17) is 32.4 Å². The van der Waals surface area contributed by atoms with Gasteiger partial charge in [0.1, 0.15) is 12.4 Å². The minimum Gasteiger partial charge on any atom is -0.489 e. The summed E-state index contributed by atoms with van der Waals surface area (Å²) in [7, 11) is 1.33. The lowest BCUT2D eigenvalue weighted by Gasteiger charge is -2.48. The Labute approximate surface area is 234 Å². The molecule has 1 aromatic heterocycles. The molecule has 2 saturated heterocycles. The van der Waals surface area contributed by atoms with Crippen LogP contribution in [0.2, 0.25) is 5.02 Å². The number of rotatable bonds is 6. The van der Waals surface area contributed by atoms with Gasteiger partial charge in [-0.1, -0.05) is 17.7 Å². The average Bonchev–Trinajstić information content (AvgIpc) is 2.88. The maximum absolute atomic E-state index is 13.3. The monoisotopic (exact) mass is 609 g/mol. The van der Waals surface area contributed by atoms with Gasteiger partial charge in [-0.2, -0.15) is 31.3 Å².